The lowest BCUT2D eigenvalue weighted by Crippen LogP contribution is -2.67. The van der Waals surface area contributed by atoms with Crippen LogP contribution in [0.25, 0.3) is 0 Å². The molecule has 3 atom stereocenters. The number of rotatable bonds is 7. The van der Waals surface area contributed by atoms with Crippen molar-refractivity contribution in [1.82, 2.24) is 25.6 Å². The van der Waals surface area contributed by atoms with Gasteiger partial charge in [0.15, 0.2) is 0 Å². The molecule has 0 aliphatic carbocycles. The van der Waals surface area contributed by atoms with Crippen LogP contribution in [0.5, 0.6) is 0 Å². The van der Waals surface area contributed by atoms with E-state index < -0.39 is 41.7 Å². The number of nitrogens with one attached hydrogen (secondary N) is 2. The topological polar surface area (TPSA) is 122 Å². The molecule has 3 rings (SSSR count). The van der Waals surface area contributed by atoms with Crippen molar-refractivity contribution in [2.24, 2.45) is 0 Å². The van der Waals surface area contributed by atoms with Gasteiger partial charge in [-0.05, 0) is 56.5 Å². The van der Waals surface area contributed by atoms with Crippen molar-refractivity contribution in [2.45, 2.75) is 69.9 Å². The fourth-order valence-corrected chi connectivity index (χ4v) is 5.62. The molecule has 2 aliphatic heterocycles. The summed E-state index contributed by atoms with van der Waals surface area (Å²) in [6, 6.07) is -2.25. The standard InChI is InChI=1S/C22H34BrN5O6S/c1-21(2,3)34-20(31)25-15(18(29)28-9-7-8-13(26-28)19(30)32-5)16(17-24-14(23)10-35-17)27-11-22(4,12-27)33-6/h10,13,15-16,26H,7-9,11-12H2,1-6H3,(H,25,31)/t13-,15-,16-/m0/s1. The highest BCUT2D eigenvalue weighted by atomic mass is 79.9. The number of ether oxygens (including phenoxy) is 3. The number of hydrogen-bond donors (Lipinski definition) is 2. The second-order valence-electron chi connectivity index (χ2n) is 9.97. The fraction of sp³-hybridized carbons (Fsp3) is 0.727. The summed E-state index contributed by atoms with van der Waals surface area (Å²) < 4.78 is 16.6. The molecule has 13 heteroatoms. The fourth-order valence-electron chi connectivity index (χ4n) is 4.19. The molecule has 1 aromatic heterocycles. The van der Waals surface area contributed by atoms with E-state index in [2.05, 4.69) is 36.6 Å². The first-order valence-corrected chi connectivity index (χ1v) is 13.1. The van der Waals surface area contributed by atoms with Crippen LogP contribution in [0.15, 0.2) is 9.98 Å². The largest absolute Gasteiger partial charge is 0.468 e. The predicted molar refractivity (Wildman–Crippen MR) is 133 cm³/mol. The summed E-state index contributed by atoms with van der Waals surface area (Å²) in [6.45, 7) is 8.72. The Morgan fingerprint density at radius 2 is 2.00 bits per heavy atom. The van der Waals surface area contributed by atoms with E-state index in [4.69, 9.17) is 14.2 Å². The van der Waals surface area contributed by atoms with E-state index in [-0.39, 0.29) is 5.60 Å². The van der Waals surface area contributed by atoms with E-state index in [1.807, 2.05) is 12.3 Å². The highest BCUT2D eigenvalue weighted by Gasteiger charge is 2.49. The maximum Gasteiger partial charge on any atom is 0.408 e. The van der Waals surface area contributed by atoms with E-state index in [1.165, 1.54) is 23.5 Å². The van der Waals surface area contributed by atoms with E-state index in [0.29, 0.717) is 42.1 Å². The summed E-state index contributed by atoms with van der Waals surface area (Å²) in [7, 11) is 2.96. The predicted octanol–water partition coefficient (Wildman–Crippen LogP) is 2.23. The van der Waals surface area contributed by atoms with Crippen LogP contribution in [-0.2, 0) is 23.8 Å². The molecule has 0 spiro atoms. The van der Waals surface area contributed by atoms with Crippen LogP contribution in [0, 0.1) is 0 Å². The van der Waals surface area contributed by atoms with Gasteiger partial charge in [-0.3, -0.25) is 19.5 Å². The number of likely N-dealkylation sites (tertiary alicyclic amines) is 1. The van der Waals surface area contributed by atoms with Crippen LogP contribution in [0.4, 0.5) is 4.79 Å². The number of hydrazine groups is 1. The number of methoxy groups -OCH3 is 2. The van der Waals surface area contributed by atoms with Crippen molar-refractivity contribution in [3.63, 3.8) is 0 Å². The number of thiazole rings is 1. The molecular formula is C22H34BrN5O6S. The number of nitrogens with zero attached hydrogens (tertiary/aromatic N) is 3. The summed E-state index contributed by atoms with van der Waals surface area (Å²) in [5, 5.41) is 6.67. The van der Waals surface area contributed by atoms with Gasteiger partial charge in [0.05, 0.1) is 18.8 Å². The third-order valence-electron chi connectivity index (χ3n) is 5.90. The molecule has 196 valence electrons. The van der Waals surface area contributed by atoms with Crippen LogP contribution in [0.3, 0.4) is 0 Å². The van der Waals surface area contributed by atoms with Gasteiger partial charge >= 0.3 is 12.1 Å². The lowest BCUT2D eigenvalue weighted by molar-refractivity contribution is -0.156. The van der Waals surface area contributed by atoms with Gasteiger partial charge in [0.2, 0.25) is 0 Å². The first kappa shape index (κ1) is 27.8. The molecule has 0 saturated carbocycles. The first-order valence-electron chi connectivity index (χ1n) is 11.4. The second kappa shape index (κ2) is 11.1. The number of hydrogen-bond acceptors (Lipinski definition) is 10. The Labute approximate surface area is 217 Å². The lowest BCUT2D eigenvalue weighted by atomic mass is 9.91. The lowest BCUT2D eigenvalue weighted by Gasteiger charge is -2.51. The van der Waals surface area contributed by atoms with Gasteiger partial charge in [-0.25, -0.2) is 15.2 Å². The number of alkyl carbamates (subject to hydrolysis) is 1. The zero-order chi connectivity index (χ0) is 26.0. The zero-order valence-corrected chi connectivity index (χ0v) is 23.3. The second-order valence-corrected chi connectivity index (χ2v) is 11.7. The number of halogens is 1. The monoisotopic (exact) mass is 575 g/mol. The molecule has 1 aromatic rings. The maximum atomic E-state index is 13.9. The Morgan fingerprint density at radius 3 is 2.54 bits per heavy atom. The summed E-state index contributed by atoms with van der Waals surface area (Å²) in [4.78, 5) is 45.5. The van der Waals surface area contributed by atoms with Crippen LogP contribution in [-0.4, -0.2) is 90.0 Å². The van der Waals surface area contributed by atoms with Gasteiger partial charge in [-0.1, -0.05) is 0 Å². The summed E-state index contributed by atoms with van der Waals surface area (Å²) >= 11 is 4.78. The van der Waals surface area contributed by atoms with Crippen LogP contribution >= 0.6 is 27.3 Å². The molecule has 2 amide bonds. The van der Waals surface area contributed by atoms with E-state index in [0.717, 1.165) is 0 Å². The Bertz CT molecular complexity index is 932. The third kappa shape index (κ3) is 6.91. The van der Waals surface area contributed by atoms with Crippen LogP contribution < -0.4 is 10.7 Å². The normalized spacial score (nSPS) is 22.0. The molecule has 2 N–H and O–H groups in total. The molecule has 2 saturated heterocycles. The van der Waals surface area contributed by atoms with Gasteiger partial charge < -0.3 is 19.5 Å². The smallest absolute Gasteiger partial charge is 0.408 e. The van der Waals surface area contributed by atoms with Crippen molar-refractivity contribution >= 4 is 45.2 Å². The van der Waals surface area contributed by atoms with Crippen molar-refractivity contribution < 1.29 is 28.6 Å². The van der Waals surface area contributed by atoms with E-state index in [1.54, 1.807) is 27.9 Å². The molecule has 0 bridgehead atoms. The van der Waals surface area contributed by atoms with Gasteiger partial charge in [0, 0.05) is 32.1 Å². The summed E-state index contributed by atoms with van der Waals surface area (Å²) in [6.07, 6.45) is 0.436. The molecule has 35 heavy (non-hydrogen) atoms. The van der Waals surface area contributed by atoms with Gasteiger partial charge in [0.25, 0.3) is 5.91 Å². The van der Waals surface area contributed by atoms with E-state index >= 15 is 0 Å². The Kier molecular flexibility index (Phi) is 8.79. The summed E-state index contributed by atoms with van der Waals surface area (Å²) in [5.74, 6) is -0.843. The van der Waals surface area contributed by atoms with Crippen molar-refractivity contribution in [3.8, 4) is 0 Å². The Morgan fingerprint density at radius 1 is 1.31 bits per heavy atom. The molecular weight excluding hydrogens is 542 g/mol. The highest BCUT2D eigenvalue weighted by Crippen LogP contribution is 2.37. The van der Waals surface area contributed by atoms with Crippen LogP contribution in [0.1, 0.15) is 51.6 Å². The minimum Gasteiger partial charge on any atom is -0.468 e. The summed E-state index contributed by atoms with van der Waals surface area (Å²) in [5.41, 5.74) is 1.85. The van der Waals surface area contributed by atoms with E-state index in [9.17, 15) is 14.4 Å². The highest BCUT2D eigenvalue weighted by molar-refractivity contribution is 9.10. The average molecular weight is 577 g/mol. The number of carbonyl (C=O) groups excluding carboxylic acids is 3. The Hall–Kier alpha value is -1.80. The first-order chi connectivity index (χ1) is 16.4. The minimum absolute atomic E-state index is 0.369. The van der Waals surface area contributed by atoms with Crippen LogP contribution in [0.2, 0.25) is 0 Å². The van der Waals surface area contributed by atoms with Gasteiger partial charge in [-0.2, -0.15) is 0 Å². The number of esters is 1. The number of carbonyl (C=O) groups is 3. The molecule has 0 unspecified atom stereocenters. The SMILES string of the molecule is COC(=O)[C@@H]1CCCN(C(=O)[C@@H](NC(=O)OC(C)(C)C)[C@@H](c2nc(Br)cs2)N2CC(C)(OC)C2)N1. The van der Waals surface area contributed by atoms with Gasteiger partial charge in [0.1, 0.15) is 27.3 Å². The van der Waals surface area contributed by atoms with Crippen molar-refractivity contribution in [1.29, 1.82) is 0 Å². The number of aromatic nitrogens is 1. The zero-order valence-electron chi connectivity index (χ0n) is 20.9. The van der Waals surface area contributed by atoms with Gasteiger partial charge in [-0.15, -0.1) is 11.3 Å². The Balaban J connectivity index is 1.93. The maximum absolute atomic E-state index is 13.9. The molecule has 2 aliphatic rings. The third-order valence-corrected chi connectivity index (χ3v) is 7.52. The minimum atomic E-state index is -1.03. The molecule has 11 nitrogen and oxygen atoms in total. The molecule has 2 fully saturated rings. The molecule has 0 radical (unpaired) electrons. The molecule has 0 aromatic carbocycles. The van der Waals surface area contributed by atoms with Crippen molar-refractivity contribution in [2.75, 3.05) is 33.9 Å². The molecule has 3 heterocycles. The average Bonchev–Trinajstić information content (AvgIpc) is 3.20. The number of amides is 2. The van der Waals surface area contributed by atoms with Crippen molar-refractivity contribution in [3.05, 3.63) is 15.0 Å². The quantitative estimate of drug-likeness (QED) is 0.471.